The summed E-state index contributed by atoms with van der Waals surface area (Å²) in [4.78, 5) is 49.2. The van der Waals surface area contributed by atoms with E-state index < -0.39 is 24.0 Å². The van der Waals surface area contributed by atoms with Gasteiger partial charge in [0.1, 0.15) is 12.3 Å². The van der Waals surface area contributed by atoms with E-state index in [2.05, 4.69) is 15.7 Å². The zero-order chi connectivity index (χ0) is 24.9. The van der Waals surface area contributed by atoms with Crippen LogP contribution in [0.15, 0.2) is 77.6 Å². The lowest BCUT2D eigenvalue weighted by Crippen LogP contribution is -2.31. The van der Waals surface area contributed by atoms with Crippen molar-refractivity contribution in [1.29, 1.82) is 0 Å². The van der Waals surface area contributed by atoms with Crippen molar-refractivity contribution in [1.82, 2.24) is 9.78 Å². The minimum absolute atomic E-state index is 0.153. The van der Waals surface area contributed by atoms with Gasteiger partial charge >= 0.3 is 5.97 Å². The number of hydrogen-bond donors (Lipinski definition) is 3. The fourth-order valence-corrected chi connectivity index (χ4v) is 3.42. The number of nitrogens with zero attached hydrogens (tertiary/aromatic N) is 2. The maximum absolute atomic E-state index is 12.7. The first kappa shape index (κ1) is 23.2. The molecule has 0 saturated carbocycles. The van der Waals surface area contributed by atoms with E-state index >= 15 is 0 Å². The highest BCUT2D eigenvalue weighted by Crippen LogP contribution is 2.17. The van der Waals surface area contributed by atoms with Crippen molar-refractivity contribution in [2.75, 3.05) is 17.7 Å². The highest BCUT2D eigenvalue weighted by Gasteiger charge is 2.17. The number of carboxylic acids is 1. The number of rotatable bonds is 7. The van der Waals surface area contributed by atoms with Crippen LogP contribution in [0, 0.1) is 0 Å². The Balaban J connectivity index is 1.45. The van der Waals surface area contributed by atoms with E-state index in [1.807, 2.05) is 0 Å². The Labute approximate surface area is 198 Å². The first-order chi connectivity index (χ1) is 16.9. The average Bonchev–Trinajstić information content (AvgIpc) is 2.86. The number of aromatic carboxylic acids is 1. The van der Waals surface area contributed by atoms with Gasteiger partial charge in [0.05, 0.1) is 12.5 Å². The van der Waals surface area contributed by atoms with E-state index in [9.17, 15) is 24.3 Å². The topological polar surface area (TPSA) is 140 Å². The number of hydrogen-bond acceptors (Lipinski definition) is 6. The molecule has 0 unspecified atom stereocenters. The molecular formula is C25H20N4O6. The molecule has 0 aliphatic carbocycles. The summed E-state index contributed by atoms with van der Waals surface area (Å²) in [5.41, 5.74) is 0.467. The third-order valence-electron chi connectivity index (χ3n) is 5.14. The van der Waals surface area contributed by atoms with Gasteiger partial charge in [-0.1, -0.05) is 18.2 Å². The molecule has 10 nitrogen and oxygen atoms in total. The SMILES string of the molecule is COc1ccc(NC(=O)c2ccc(NC(=O)Cn3nc(C(=O)O)c4ccccc4c3=O)cc2)cc1. The van der Waals surface area contributed by atoms with Gasteiger partial charge in [-0.25, -0.2) is 9.48 Å². The molecule has 176 valence electrons. The second kappa shape index (κ2) is 9.87. The Kier molecular flexibility index (Phi) is 6.54. The maximum atomic E-state index is 12.7. The van der Waals surface area contributed by atoms with E-state index in [1.54, 1.807) is 55.6 Å². The number of carbonyl (C=O) groups is 3. The number of benzene rings is 3. The number of carboxylic acid groups (broad SMARTS) is 1. The summed E-state index contributed by atoms with van der Waals surface area (Å²) in [7, 11) is 1.55. The largest absolute Gasteiger partial charge is 0.497 e. The van der Waals surface area contributed by atoms with Crippen molar-refractivity contribution in [3.8, 4) is 5.75 Å². The van der Waals surface area contributed by atoms with Crippen LogP contribution >= 0.6 is 0 Å². The van der Waals surface area contributed by atoms with E-state index in [-0.39, 0.29) is 22.4 Å². The molecule has 1 aromatic heterocycles. The minimum Gasteiger partial charge on any atom is -0.497 e. The standard InChI is InChI=1S/C25H20N4O6/c1-35-18-12-10-17(11-13-18)27-23(31)15-6-8-16(9-7-15)26-21(30)14-29-24(32)20-5-3-2-4-19(20)22(28-29)25(33)34/h2-13H,14H2,1H3,(H,26,30)(H,27,31)(H,33,34). The van der Waals surface area contributed by atoms with Gasteiger partial charge in [-0.15, -0.1) is 0 Å². The lowest BCUT2D eigenvalue weighted by Gasteiger charge is -2.10. The number of aromatic nitrogens is 2. The van der Waals surface area contributed by atoms with Gasteiger partial charge < -0.3 is 20.5 Å². The molecule has 0 radical (unpaired) electrons. The van der Waals surface area contributed by atoms with Crippen LogP contribution in [0.3, 0.4) is 0 Å². The number of anilines is 2. The third kappa shape index (κ3) is 5.17. The van der Waals surface area contributed by atoms with E-state index in [0.717, 1.165) is 4.68 Å². The monoisotopic (exact) mass is 472 g/mol. The number of fused-ring (bicyclic) bond motifs is 1. The summed E-state index contributed by atoms with van der Waals surface area (Å²) in [5.74, 6) is -1.55. The molecule has 3 aromatic carbocycles. The molecule has 0 aliphatic heterocycles. The summed E-state index contributed by atoms with van der Waals surface area (Å²) in [6.45, 7) is -0.482. The van der Waals surface area contributed by atoms with Gasteiger partial charge in [0.2, 0.25) is 5.91 Å². The van der Waals surface area contributed by atoms with E-state index in [4.69, 9.17) is 4.74 Å². The summed E-state index contributed by atoms with van der Waals surface area (Å²) < 4.78 is 5.90. The summed E-state index contributed by atoms with van der Waals surface area (Å²) in [6, 6.07) is 19.2. The Morgan fingerprint density at radius 2 is 1.49 bits per heavy atom. The van der Waals surface area contributed by atoms with Crippen LogP contribution in [0.2, 0.25) is 0 Å². The zero-order valence-corrected chi connectivity index (χ0v) is 18.5. The van der Waals surface area contributed by atoms with Crippen molar-refractivity contribution in [3.05, 3.63) is 94.4 Å². The molecular weight excluding hydrogens is 452 g/mol. The van der Waals surface area contributed by atoms with Crippen molar-refractivity contribution < 1.29 is 24.2 Å². The van der Waals surface area contributed by atoms with Crippen LogP contribution in [0.1, 0.15) is 20.8 Å². The molecule has 35 heavy (non-hydrogen) atoms. The van der Waals surface area contributed by atoms with Gasteiger partial charge in [-0.05, 0) is 54.6 Å². The van der Waals surface area contributed by atoms with Crippen LogP contribution in [0.4, 0.5) is 11.4 Å². The Morgan fingerprint density at radius 1 is 0.886 bits per heavy atom. The smallest absolute Gasteiger partial charge is 0.357 e. The molecule has 10 heteroatoms. The van der Waals surface area contributed by atoms with E-state index in [0.29, 0.717) is 22.7 Å². The van der Waals surface area contributed by atoms with Gasteiger partial charge in [0.25, 0.3) is 11.5 Å². The van der Waals surface area contributed by atoms with Crippen molar-refractivity contribution in [3.63, 3.8) is 0 Å². The molecule has 0 saturated heterocycles. The molecule has 3 N–H and O–H groups in total. The fourth-order valence-electron chi connectivity index (χ4n) is 3.42. The minimum atomic E-state index is -1.31. The Morgan fingerprint density at radius 3 is 2.11 bits per heavy atom. The lowest BCUT2D eigenvalue weighted by molar-refractivity contribution is -0.117. The third-order valence-corrected chi connectivity index (χ3v) is 5.14. The van der Waals surface area contributed by atoms with E-state index in [1.165, 1.54) is 24.3 Å². The van der Waals surface area contributed by atoms with Crippen LogP contribution in [0.5, 0.6) is 5.75 Å². The average molecular weight is 472 g/mol. The summed E-state index contributed by atoms with van der Waals surface area (Å²) >= 11 is 0. The molecule has 4 rings (SSSR count). The number of ether oxygens (including phenoxy) is 1. The Bertz CT molecular complexity index is 1480. The second-order valence-corrected chi connectivity index (χ2v) is 7.47. The molecule has 0 atom stereocenters. The first-order valence-corrected chi connectivity index (χ1v) is 10.4. The quantitative estimate of drug-likeness (QED) is 0.376. The zero-order valence-electron chi connectivity index (χ0n) is 18.5. The molecule has 0 fully saturated rings. The molecule has 0 bridgehead atoms. The van der Waals surface area contributed by atoms with Crippen molar-refractivity contribution >= 4 is 39.9 Å². The first-order valence-electron chi connectivity index (χ1n) is 10.4. The van der Waals surface area contributed by atoms with Gasteiger partial charge in [0, 0.05) is 22.3 Å². The fraction of sp³-hybridized carbons (Fsp3) is 0.0800. The summed E-state index contributed by atoms with van der Waals surface area (Å²) in [6.07, 6.45) is 0. The second-order valence-electron chi connectivity index (χ2n) is 7.47. The molecule has 0 aliphatic rings. The highest BCUT2D eigenvalue weighted by atomic mass is 16.5. The number of nitrogens with one attached hydrogen (secondary N) is 2. The van der Waals surface area contributed by atoms with Gasteiger partial charge in [-0.2, -0.15) is 5.10 Å². The number of amides is 2. The normalized spacial score (nSPS) is 10.5. The van der Waals surface area contributed by atoms with Crippen LogP contribution < -0.4 is 20.9 Å². The number of carbonyl (C=O) groups excluding carboxylic acids is 2. The number of methoxy groups -OCH3 is 1. The Hall–Kier alpha value is -4.99. The molecule has 4 aromatic rings. The van der Waals surface area contributed by atoms with Crippen molar-refractivity contribution in [2.24, 2.45) is 0 Å². The highest BCUT2D eigenvalue weighted by molar-refractivity contribution is 6.05. The van der Waals surface area contributed by atoms with Gasteiger partial charge in [-0.3, -0.25) is 14.4 Å². The molecule has 0 spiro atoms. The molecule has 1 heterocycles. The van der Waals surface area contributed by atoms with Gasteiger partial charge in [0.15, 0.2) is 5.69 Å². The predicted molar refractivity (Wildman–Crippen MR) is 129 cm³/mol. The predicted octanol–water partition coefficient (Wildman–Crippen LogP) is 2.99. The maximum Gasteiger partial charge on any atom is 0.357 e. The van der Waals surface area contributed by atoms with Crippen LogP contribution in [-0.2, 0) is 11.3 Å². The van der Waals surface area contributed by atoms with Crippen LogP contribution in [0.25, 0.3) is 10.8 Å². The molecule has 2 amide bonds. The van der Waals surface area contributed by atoms with Crippen molar-refractivity contribution in [2.45, 2.75) is 6.54 Å². The van der Waals surface area contributed by atoms with Crippen LogP contribution in [-0.4, -0.2) is 39.8 Å². The summed E-state index contributed by atoms with van der Waals surface area (Å²) in [5, 5.41) is 19.0. The lowest BCUT2D eigenvalue weighted by atomic mass is 10.1.